The number of carbonyl (C=O) groups excluding carboxylic acids is 1. The summed E-state index contributed by atoms with van der Waals surface area (Å²) in [5, 5.41) is 7.66. The lowest BCUT2D eigenvalue weighted by Gasteiger charge is -2.29. The van der Waals surface area contributed by atoms with Crippen LogP contribution in [0, 0.1) is 0 Å². The van der Waals surface area contributed by atoms with Gasteiger partial charge in [-0.05, 0) is 12.1 Å². The molecule has 26 heavy (non-hydrogen) atoms. The maximum atomic E-state index is 13.1. The number of fused-ring (bicyclic) bond motifs is 1. The molecule has 0 saturated carbocycles. The number of hydrazine groups is 2. The van der Waals surface area contributed by atoms with Crippen molar-refractivity contribution < 1.29 is 4.79 Å². The van der Waals surface area contributed by atoms with Gasteiger partial charge in [0.2, 0.25) is 5.78 Å². The summed E-state index contributed by atoms with van der Waals surface area (Å²) in [6.45, 7) is 0. The first-order valence-electron chi connectivity index (χ1n) is 8.21. The summed E-state index contributed by atoms with van der Waals surface area (Å²) in [5.41, 5.74) is 5.26. The van der Waals surface area contributed by atoms with Gasteiger partial charge in [-0.3, -0.25) is 9.36 Å². The molecule has 0 spiro atoms. The van der Waals surface area contributed by atoms with Crippen LogP contribution >= 0.6 is 0 Å². The molecule has 1 aromatic heterocycles. The molecule has 0 aliphatic carbocycles. The summed E-state index contributed by atoms with van der Waals surface area (Å²) in [4.78, 5) is 17.6. The number of anilines is 1. The SMILES string of the molecule is CN(C)N1N=Cc2nc(C(=O)c3ccccc3)n(-c3ccccc3)c2N1. The van der Waals surface area contributed by atoms with Gasteiger partial charge in [0.05, 0.1) is 6.21 Å². The topological polar surface area (TPSA) is 65.8 Å². The van der Waals surface area contributed by atoms with Gasteiger partial charge in [-0.1, -0.05) is 48.5 Å². The lowest BCUT2D eigenvalue weighted by atomic mass is 10.1. The summed E-state index contributed by atoms with van der Waals surface area (Å²) < 4.78 is 1.83. The van der Waals surface area contributed by atoms with E-state index in [0.717, 1.165) is 5.69 Å². The summed E-state index contributed by atoms with van der Waals surface area (Å²) in [5.74, 6) is 0.890. The van der Waals surface area contributed by atoms with Gasteiger partial charge in [0.15, 0.2) is 11.6 Å². The smallest absolute Gasteiger partial charge is 0.228 e. The highest BCUT2D eigenvalue weighted by Gasteiger charge is 2.27. The number of benzene rings is 2. The molecule has 0 saturated heterocycles. The molecule has 1 aliphatic heterocycles. The number of nitrogens with one attached hydrogen (secondary N) is 1. The van der Waals surface area contributed by atoms with Gasteiger partial charge in [-0.15, -0.1) is 10.3 Å². The van der Waals surface area contributed by atoms with Crippen molar-refractivity contribution >= 4 is 17.8 Å². The second kappa shape index (κ2) is 6.45. The van der Waals surface area contributed by atoms with Crippen LogP contribution in [0.2, 0.25) is 0 Å². The fourth-order valence-corrected chi connectivity index (χ4v) is 2.77. The molecule has 130 valence electrons. The number of carbonyl (C=O) groups is 1. The highest BCUT2D eigenvalue weighted by atomic mass is 16.1. The first kappa shape index (κ1) is 16.0. The van der Waals surface area contributed by atoms with Crippen molar-refractivity contribution in [3.8, 4) is 5.69 Å². The first-order chi connectivity index (χ1) is 12.6. The highest BCUT2D eigenvalue weighted by molar-refractivity contribution is 6.08. The predicted molar refractivity (Wildman–Crippen MR) is 100 cm³/mol. The van der Waals surface area contributed by atoms with Crippen LogP contribution in [0.5, 0.6) is 0 Å². The Bertz CT molecular complexity index is 962. The number of ketones is 1. The van der Waals surface area contributed by atoms with Crippen LogP contribution in [0.1, 0.15) is 21.9 Å². The van der Waals surface area contributed by atoms with E-state index in [1.54, 1.807) is 28.6 Å². The number of para-hydroxylation sites is 1. The van der Waals surface area contributed by atoms with Crippen molar-refractivity contribution in [2.45, 2.75) is 0 Å². The third kappa shape index (κ3) is 2.74. The standard InChI is InChI=1S/C19H18N6O/c1-23(2)25-20-13-16-18(22-25)24(15-11-7-4-8-12-15)19(21-16)17(26)14-9-5-3-6-10-14/h3-13,22H,1-2H3. The molecular formula is C19H18N6O. The van der Waals surface area contributed by atoms with Gasteiger partial charge in [0.1, 0.15) is 5.69 Å². The van der Waals surface area contributed by atoms with E-state index < -0.39 is 0 Å². The molecule has 0 radical (unpaired) electrons. The van der Waals surface area contributed by atoms with Crippen molar-refractivity contribution in [3.63, 3.8) is 0 Å². The predicted octanol–water partition coefficient (Wildman–Crippen LogP) is 2.56. The number of hydrazone groups is 1. The van der Waals surface area contributed by atoms with Crippen LogP contribution in [0.25, 0.3) is 5.69 Å². The van der Waals surface area contributed by atoms with E-state index in [2.05, 4.69) is 15.5 Å². The monoisotopic (exact) mass is 346 g/mol. The zero-order valence-electron chi connectivity index (χ0n) is 14.5. The Morgan fingerprint density at radius 3 is 2.31 bits per heavy atom. The molecule has 3 aromatic rings. The second-order valence-corrected chi connectivity index (χ2v) is 6.03. The van der Waals surface area contributed by atoms with E-state index in [0.29, 0.717) is 22.9 Å². The second-order valence-electron chi connectivity index (χ2n) is 6.03. The Hall–Kier alpha value is -3.45. The number of hydrogen-bond acceptors (Lipinski definition) is 6. The molecule has 1 N–H and O–H groups in total. The molecule has 0 unspecified atom stereocenters. The molecule has 0 amide bonds. The third-order valence-corrected chi connectivity index (χ3v) is 4.03. The number of imidazole rings is 1. The lowest BCUT2D eigenvalue weighted by molar-refractivity contribution is 0.0569. The Morgan fingerprint density at radius 2 is 1.65 bits per heavy atom. The fourth-order valence-electron chi connectivity index (χ4n) is 2.77. The van der Waals surface area contributed by atoms with E-state index >= 15 is 0 Å². The van der Waals surface area contributed by atoms with Crippen LogP contribution in [-0.2, 0) is 0 Å². The molecule has 1 aliphatic rings. The minimum atomic E-state index is -0.143. The molecule has 2 heterocycles. The van der Waals surface area contributed by atoms with Gasteiger partial charge in [-0.2, -0.15) is 5.01 Å². The Kier molecular flexibility index (Phi) is 3.98. The van der Waals surface area contributed by atoms with E-state index in [1.165, 1.54) is 0 Å². The van der Waals surface area contributed by atoms with Crippen molar-refractivity contribution in [3.05, 3.63) is 77.7 Å². The van der Waals surface area contributed by atoms with E-state index in [9.17, 15) is 4.79 Å². The Morgan fingerprint density at radius 1 is 1.00 bits per heavy atom. The summed E-state index contributed by atoms with van der Waals surface area (Å²) >= 11 is 0. The average molecular weight is 346 g/mol. The first-order valence-corrected chi connectivity index (χ1v) is 8.21. The number of aromatic nitrogens is 2. The van der Waals surface area contributed by atoms with Crippen molar-refractivity contribution in [2.75, 3.05) is 19.5 Å². The zero-order valence-corrected chi connectivity index (χ0v) is 14.5. The minimum Gasteiger partial charge on any atom is -0.285 e. The summed E-state index contributed by atoms with van der Waals surface area (Å²) in [6.07, 6.45) is 1.65. The molecule has 0 fully saturated rings. The Balaban J connectivity index is 1.88. The molecule has 0 atom stereocenters. The number of rotatable bonds is 4. The highest BCUT2D eigenvalue weighted by Crippen LogP contribution is 2.27. The summed E-state index contributed by atoms with van der Waals surface area (Å²) in [6, 6.07) is 18.8. The maximum Gasteiger partial charge on any atom is 0.228 e. The van der Waals surface area contributed by atoms with Crippen LogP contribution in [0.4, 0.5) is 5.82 Å². The van der Waals surface area contributed by atoms with Crippen molar-refractivity contribution in [1.29, 1.82) is 0 Å². The quantitative estimate of drug-likeness (QED) is 0.736. The largest absolute Gasteiger partial charge is 0.285 e. The number of hydrogen-bond donors (Lipinski definition) is 1. The van der Waals surface area contributed by atoms with Gasteiger partial charge >= 0.3 is 0 Å². The molecule has 7 nitrogen and oxygen atoms in total. The van der Waals surface area contributed by atoms with Crippen molar-refractivity contribution in [2.24, 2.45) is 5.10 Å². The molecule has 0 bridgehead atoms. The lowest BCUT2D eigenvalue weighted by Crippen LogP contribution is -2.39. The molecule has 2 aromatic carbocycles. The third-order valence-electron chi connectivity index (χ3n) is 4.03. The Labute approximate surface area is 151 Å². The van der Waals surface area contributed by atoms with Crippen LogP contribution in [-0.4, -0.2) is 45.9 Å². The van der Waals surface area contributed by atoms with Crippen molar-refractivity contribution in [1.82, 2.24) is 19.8 Å². The average Bonchev–Trinajstić information content (AvgIpc) is 3.07. The van der Waals surface area contributed by atoms with Gasteiger partial charge in [-0.25, -0.2) is 10.4 Å². The van der Waals surface area contributed by atoms with E-state index in [1.807, 2.05) is 67.2 Å². The van der Waals surface area contributed by atoms with Gasteiger partial charge < -0.3 is 0 Å². The van der Waals surface area contributed by atoms with Crippen LogP contribution < -0.4 is 5.43 Å². The minimum absolute atomic E-state index is 0.143. The normalized spacial score (nSPS) is 12.8. The summed E-state index contributed by atoms with van der Waals surface area (Å²) in [7, 11) is 3.74. The zero-order chi connectivity index (χ0) is 18.1. The van der Waals surface area contributed by atoms with Crippen LogP contribution in [0.3, 0.4) is 0 Å². The molecule has 4 rings (SSSR count). The molecule has 7 heteroatoms. The van der Waals surface area contributed by atoms with Gasteiger partial charge in [0.25, 0.3) is 0 Å². The maximum absolute atomic E-state index is 13.1. The fraction of sp³-hybridized carbons (Fsp3) is 0.105. The molecular weight excluding hydrogens is 328 g/mol. The van der Waals surface area contributed by atoms with Crippen LogP contribution in [0.15, 0.2) is 65.8 Å². The van der Waals surface area contributed by atoms with Gasteiger partial charge in [0, 0.05) is 25.3 Å². The van der Waals surface area contributed by atoms with E-state index in [-0.39, 0.29) is 5.78 Å². The van der Waals surface area contributed by atoms with E-state index in [4.69, 9.17) is 0 Å². The number of nitrogens with zero attached hydrogens (tertiary/aromatic N) is 5.